The highest BCUT2D eigenvalue weighted by atomic mass is 16.7. The second-order valence-electron chi connectivity index (χ2n) is 6.23. The highest BCUT2D eigenvalue weighted by Gasteiger charge is 2.17. The summed E-state index contributed by atoms with van der Waals surface area (Å²) in [7, 11) is 0. The van der Waals surface area contributed by atoms with Crippen molar-refractivity contribution in [1.29, 1.82) is 0 Å². The lowest BCUT2D eigenvalue weighted by molar-refractivity contribution is -0.146. The van der Waals surface area contributed by atoms with E-state index in [1.54, 1.807) is 12.1 Å². The molecule has 0 aliphatic carbocycles. The average Bonchev–Trinajstić information content (AvgIpc) is 3.15. The Kier molecular flexibility index (Phi) is 5.78. The van der Waals surface area contributed by atoms with Crippen LogP contribution in [0.4, 0.5) is 5.69 Å². The molecule has 0 saturated carbocycles. The molecule has 2 amide bonds. The fourth-order valence-corrected chi connectivity index (χ4v) is 2.68. The van der Waals surface area contributed by atoms with Gasteiger partial charge in [-0.2, -0.15) is 0 Å². The molecule has 2 aromatic carbocycles. The van der Waals surface area contributed by atoms with Crippen molar-refractivity contribution in [3.05, 3.63) is 53.1 Å². The van der Waals surface area contributed by atoms with Gasteiger partial charge in [0.25, 0.3) is 11.8 Å². The number of carbonyl (C=O) groups is 3. The van der Waals surface area contributed by atoms with Crippen LogP contribution in [0, 0.1) is 13.8 Å². The summed E-state index contributed by atoms with van der Waals surface area (Å²) >= 11 is 0. The van der Waals surface area contributed by atoms with Gasteiger partial charge in [0.05, 0.1) is 0 Å². The summed E-state index contributed by atoms with van der Waals surface area (Å²) in [6, 6.07) is 10.4. The molecule has 0 saturated heterocycles. The molecule has 1 heterocycles. The van der Waals surface area contributed by atoms with Crippen molar-refractivity contribution in [1.82, 2.24) is 5.32 Å². The Morgan fingerprint density at radius 3 is 2.50 bits per heavy atom. The van der Waals surface area contributed by atoms with E-state index in [9.17, 15) is 14.4 Å². The SMILES string of the molecule is Cc1cccc(C)c1NC(=O)COC(=O)CNC(=O)c1ccc2c(c1)OCO2. The second-order valence-corrected chi connectivity index (χ2v) is 6.23. The number of carbonyl (C=O) groups excluding carboxylic acids is 3. The number of hydrogen-bond donors (Lipinski definition) is 2. The minimum absolute atomic E-state index is 0.108. The normalized spacial score (nSPS) is 11.6. The maximum atomic E-state index is 12.1. The molecule has 8 heteroatoms. The first-order valence-corrected chi connectivity index (χ1v) is 8.63. The number of nitrogens with one attached hydrogen (secondary N) is 2. The number of aryl methyl sites for hydroxylation is 2. The molecular weight excluding hydrogens is 364 g/mol. The summed E-state index contributed by atoms with van der Waals surface area (Å²) in [6.07, 6.45) is 0. The monoisotopic (exact) mass is 384 g/mol. The summed E-state index contributed by atoms with van der Waals surface area (Å²) in [5, 5.41) is 5.16. The van der Waals surface area contributed by atoms with Gasteiger partial charge in [-0.1, -0.05) is 18.2 Å². The van der Waals surface area contributed by atoms with Gasteiger partial charge in [0.1, 0.15) is 6.54 Å². The first-order valence-electron chi connectivity index (χ1n) is 8.63. The summed E-state index contributed by atoms with van der Waals surface area (Å²) in [5.41, 5.74) is 2.84. The van der Waals surface area contributed by atoms with Crippen LogP contribution in [0.2, 0.25) is 0 Å². The van der Waals surface area contributed by atoms with Gasteiger partial charge >= 0.3 is 5.97 Å². The number of rotatable bonds is 6. The van der Waals surface area contributed by atoms with Crippen LogP contribution in [0.1, 0.15) is 21.5 Å². The Morgan fingerprint density at radius 1 is 1.04 bits per heavy atom. The maximum Gasteiger partial charge on any atom is 0.325 e. The molecule has 2 aromatic rings. The Bertz CT molecular complexity index is 905. The summed E-state index contributed by atoms with van der Waals surface area (Å²) in [4.78, 5) is 35.9. The molecule has 2 N–H and O–H groups in total. The van der Waals surface area contributed by atoms with Crippen LogP contribution in [-0.2, 0) is 14.3 Å². The molecule has 1 aliphatic heterocycles. The number of ether oxygens (including phenoxy) is 3. The number of esters is 1. The van der Waals surface area contributed by atoms with Crippen LogP contribution in [0.5, 0.6) is 11.5 Å². The molecule has 0 atom stereocenters. The molecule has 146 valence electrons. The number of hydrogen-bond acceptors (Lipinski definition) is 6. The number of para-hydroxylation sites is 1. The molecule has 3 rings (SSSR count). The van der Waals surface area contributed by atoms with E-state index in [4.69, 9.17) is 14.2 Å². The smallest absolute Gasteiger partial charge is 0.325 e. The Hall–Kier alpha value is -3.55. The fraction of sp³-hybridized carbons (Fsp3) is 0.250. The topological polar surface area (TPSA) is 103 Å². The highest BCUT2D eigenvalue weighted by Crippen LogP contribution is 2.32. The van der Waals surface area contributed by atoms with Gasteiger partial charge in [-0.05, 0) is 43.2 Å². The van der Waals surface area contributed by atoms with Crippen LogP contribution in [-0.4, -0.2) is 37.7 Å². The van der Waals surface area contributed by atoms with Gasteiger partial charge in [0.15, 0.2) is 18.1 Å². The summed E-state index contributed by atoms with van der Waals surface area (Å²) in [6.45, 7) is 3.06. The molecule has 8 nitrogen and oxygen atoms in total. The Morgan fingerprint density at radius 2 is 1.75 bits per heavy atom. The minimum atomic E-state index is -0.717. The largest absolute Gasteiger partial charge is 0.454 e. The van der Waals surface area contributed by atoms with Gasteiger partial charge in [-0.15, -0.1) is 0 Å². The van der Waals surface area contributed by atoms with E-state index in [2.05, 4.69) is 10.6 Å². The molecule has 0 radical (unpaired) electrons. The van der Waals surface area contributed by atoms with Gasteiger partial charge in [0.2, 0.25) is 6.79 Å². The predicted octanol–water partition coefficient (Wildman–Crippen LogP) is 1.94. The summed E-state index contributed by atoms with van der Waals surface area (Å²) in [5.74, 6) is -0.599. The third-order valence-corrected chi connectivity index (χ3v) is 4.14. The lowest BCUT2D eigenvalue weighted by Crippen LogP contribution is -2.32. The lowest BCUT2D eigenvalue weighted by Gasteiger charge is -2.11. The van der Waals surface area contributed by atoms with Gasteiger partial charge < -0.3 is 24.8 Å². The van der Waals surface area contributed by atoms with Crippen molar-refractivity contribution in [2.75, 3.05) is 25.3 Å². The van der Waals surface area contributed by atoms with Crippen LogP contribution in [0.25, 0.3) is 0 Å². The second kappa shape index (κ2) is 8.43. The molecule has 28 heavy (non-hydrogen) atoms. The highest BCUT2D eigenvalue weighted by molar-refractivity contribution is 5.97. The van der Waals surface area contributed by atoms with Crippen molar-refractivity contribution in [3.63, 3.8) is 0 Å². The average molecular weight is 384 g/mol. The quantitative estimate of drug-likeness (QED) is 0.738. The van der Waals surface area contributed by atoms with E-state index >= 15 is 0 Å². The molecule has 0 spiro atoms. The number of benzene rings is 2. The van der Waals surface area contributed by atoms with Crippen molar-refractivity contribution < 1.29 is 28.6 Å². The third-order valence-electron chi connectivity index (χ3n) is 4.14. The standard InChI is InChI=1S/C20H20N2O6/c1-12-4-3-5-13(2)19(12)22-17(23)10-26-18(24)9-21-20(25)14-6-7-15-16(8-14)28-11-27-15/h3-8H,9-11H2,1-2H3,(H,21,25)(H,22,23). The fourth-order valence-electron chi connectivity index (χ4n) is 2.68. The Labute approximate surface area is 161 Å². The molecule has 1 aliphatic rings. The van der Waals surface area contributed by atoms with Crippen molar-refractivity contribution in [3.8, 4) is 11.5 Å². The zero-order chi connectivity index (χ0) is 20.1. The van der Waals surface area contributed by atoms with Gasteiger partial charge in [-0.25, -0.2) is 0 Å². The maximum absolute atomic E-state index is 12.1. The van der Waals surface area contributed by atoms with Crippen molar-refractivity contribution in [2.45, 2.75) is 13.8 Å². The van der Waals surface area contributed by atoms with Crippen molar-refractivity contribution >= 4 is 23.5 Å². The number of amides is 2. The molecule has 0 aromatic heterocycles. The minimum Gasteiger partial charge on any atom is -0.454 e. The van der Waals surface area contributed by atoms with E-state index in [1.165, 1.54) is 6.07 Å². The molecule has 0 fully saturated rings. The van der Waals surface area contributed by atoms with Crippen LogP contribution in [0.3, 0.4) is 0 Å². The van der Waals surface area contributed by atoms with Gasteiger partial charge in [0, 0.05) is 11.3 Å². The molecule has 0 bridgehead atoms. The third kappa shape index (κ3) is 4.59. The van der Waals surface area contributed by atoms with Crippen molar-refractivity contribution in [2.24, 2.45) is 0 Å². The number of anilines is 1. The van der Waals surface area contributed by atoms with Crippen LogP contribution >= 0.6 is 0 Å². The molecular formula is C20H20N2O6. The molecule has 0 unspecified atom stereocenters. The Balaban J connectivity index is 1.44. The van der Waals surface area contributed by atoms with E-state index in [0.717, 1.165) is 11.1 Å². The van der Waals surface area contributed by atoms with E-state index in [-0.39, 0.29) is 13.3 Å². The lowest BCUT2D eigenvalue weighted by atomic mass is 10.1. The predicted molar refractivity (Wildman–Crippen MR) is 100 cm³/mol. The summed E-state index contributed by atoms with van der Waals surface area (Å²) < 4.78 is 15.3. The van der Waals surface area contributed by atoms with Gasteiger partial charge in [-0.3, -0.25) is 14.4 Å². The van der Waals surface area contributed by atoms with E-state index < -0.39 is 24.4 Å². The zero-order valence-corrected chi connectivity index (χ0v) is 15.5. The zero-order valence-electron chi connectivity index (χ0n) is 15.5. The first-order chi connectivity index (χ1) is 13.4. The van der Waals surface area contributed by atoms with Crippen LogP contribution in [0.15, 0.2) is 36.4 Å². The van der Waals surface area contributed by atoms with E-state index in [1.807, 2.05) is 32.0 Å². The number of fused-ring (bicyclic) bond motifs is 1. The van der Waals surface area contributed by atoms with Crippen LogP contribution < -0.4 is 20.1 Å². The first kappa shape index (κ1) is 19.2. The van der Waals surface area contributed by atoms with E-state index in [0.29, 0.717) is 22.7 Å².